The molecular weight excluding hydrogens is 264 g/mol. The zero-order valence-corrected chi connectivity index (χ0v) is 12.8. The van der Waals surface area contributed by atoms with Crippen LogP contribution in [-0.2, 0) is 11.2 Å². The van der Waals surface area contributed by atoms with Gasteiger partial charge in [-0.15, -0.1) is 0 Å². The van der Waals surface area contributed by atoms with Crippen LogP contribution in [0.15, 0.2) is 18.5 Å². The number of amides is 1. The van der Waals surface area contributed by atoms with Crippen LogP contribution >= 0.6 is 0 Å². The Balaban J connectivity index is 1.80. The molecule has 0 aromatic carbocycles. The van der Waals surface area contributed by atoms with Gasteiger partial charge in [-0.2, -0.15) is 0 Å². The molecule has 1 aromatic heterocycles. The van der Waals surface area contributed by atoms with Crippen molar-refractivity contribution in [3.05, 3.63) is 29.6 Å². The van der Waals surface area contributed by atoms with Gasteiger partial charge < -0.3 is 11.1 Å². The Morgan fingerprint density at radius 3 is 3.10 bits per heavy atom. The van der Waals surface area contributed by atoms with E-state index in [0.29, 0.717) is 25.6 Å². The second kappa shape index (κ2) is 8.10. The Kier molecular flexibility index (Phi) is 6.14. The van der Waals surface area contributed by atoms with Gasteiger partial charge in [-0.1, -0.05) is 6.07 Å². The lowest BCUT2D eigenvalue weighted by Gasteiger charge is -2.19. The Bertz CT molecular complexity index is 463. The number of rotatable bonds is 7. The highest BCUT2D eigenvalue weighted by Crippen LogP contribution is 2.30. The molecule has 0 bridgehead atoms. The van der Waals surface area contributed by atoms with Crippen LogP contribution in [0.2, 0.25) is 0 Å². The van der Waals surface area contributed by atoms with E-state index in [-0.39, 0.29) is 5.91 Å². The zero-order chi connectivity index (χ0) is 15.1. The minimum atomic E-state index is 0.0388. The number of aromatic nitrogens is 1. The van der Waals surface area contributed by atoms with E-state index in [4.69, 9.17) is 5.73 Å². The molecule has 1 aliphatic rings. The first-order valence-electron chi connectivity index (χ1n) is 7.81. The quantitative estimate of drug-likeness (QED) is 0.741. The summed E-state index contributed by atoms with van der Waals surface area (Å²) in [6.45, 7) is 2.28. The van der Waals surface area contributed by atoms with Gasteiger partial charge in [-0.25, -0.2) is 0 Å². The first kappa shape index (κ1) is 15.9. The molecule has 1 aliphatic heterocycles. The van der Waals surface area contributed by atoms with Gasteiger partial charge >= 0.3 is 0 Å². The van der Waals surface area contributed by atoms with E-state index in [1.807, 2.05) is 12.4 Å². The number of nitrogens with one attached hydrogen (secondary N) is 1. The van der Waals surface area contributed by atoms with E-state index in [9.17, 15) is 4.79 Å². The third kappa shape index (κ3) is 4.79. The molecule has 0 aliphatic carbocycles. The monoisotopic (exact) mass is 290 g/mol. The van der Waals surface area contributed by atoms with Crippen molar-refractivity contribution in [1.82, 2.24) is 15.2 Å². The van der Waals surface area contributed by atoms with Crippen LogP contribution in [0, 0.1) is 0 Å². The molecule has 1 aromatic rings. The molecule has 1 unspecified atom stereocenters. The maximum Gasteiger partial charge on any atom is 0.221 e. The maximum absolute atomic E-state index is 11.3. The lowest BCUT2D eigenvalue weighted by molar-refractivity contribution is -0.120. The van der Waals surface area contributed by atoms with E-state index >= 15 is 0 Å². The summed E-state index contributed by atoms with van der Waals surface area (Å²) in [4.78, 5) is 18.1. The number of nitrogens with two attached hydrogens (primary N) is 1. The van der Waals surface area contributed by atoms with Gasteiger partial charge in [0.15, 0.2) is 0 Å². The maximum atomic E-state index is 11.3. The molecule has 5 nitrogen and oxygen atoms in total. The van der Waals surface area contributed by atoms with Crippen molar-refractivity contribution >= 4 is 5.91 Å². The fourth-order valence-electron chi connectivity index (χ4n) is 2.90. The molecule has 116 valence electrons. The fraction of sp³-hybridized carbons (Fsp3) is 0.625. The predicted octanol–water partition coefficient (Wildman–Crippen LogP) is 1.25. The van der Waals surface area contributed by atoms with Gasteiger partial charge in [0.1, 0.15) is 0 Å². The van der Waals surface area contributed by atoms with Gasteiger partial charge in [0.05, 0.1) is 0 Å². The average Bonchev–Trinajstić information content (AvgIpc) is 2.90. The van der Waals surface area contributed by atoms with Crippen molar-refractivity contribution in [3.8, 4) is 0 Å². The predicted molar refractivity (Wildman–Crippen MR) is 83.8 cm³/mol. The number of carbonyl (C=O) groups is 1. The normalized spacial score (nSPS) is 18.9. The lowest BCUT2D eigenvalue weighted by Crippen LogP contribution is -2.26. The first-order chi connectivity index (χ1) is 10.2. The minimum Gasteiger partial charge on any atom is -0.356 e. The smallest absolute Gasteiger partial charge is 0.221 e. The molecule has 1 fully saturated rings. The largest absolute Gasteiger partial charge is 0.356 e. The van der Waals surface area contributed by atoms with Gasteiger partial charge in [0, 0.05) is 37.9 Å². The fourth-order valence-corrected chi connectivity index (χ4v) is 2.90. The van der Waals surface area contributed by atoms with Crippen LogP contribution in [0.5, 0.6) is 0 Å². The van der Waals surface area contributed by atoms with Crippen LogP contribution in [0.3, 0.4) is 0 Å². The summed E-state index contributed by atoms with van der Waals surface area (Å²) in [5, 5.41) is 2.88. The Labute approximate surface area is 126 Å². The lowest BCUT2D eigenvalue weighted by atomic mass is 10.0. The molecule has 0 spiro atoms. The Morgan fingerprint density at radius 2 is 2.38 bits per heavy atom. The number of hydrogen-bond donors (Lipinski definition) is 2. The van der Waals surface area contributed by atoms with Gasteiger partial charge in [-0.3, -0.25) is 14.7 Å². The number of aryl methyl sites for hydroxylation is 1. The Morgan fingerprint density at radius 1 is 1.52 bits per heavy atom. The van der Waals surface area contributed by atoms with Crippen molar-refractivity contribution in [1.29, 1.82) is 0 Å². The molecule has 2 heterocycles. The van der Waals surface area contributed by atoms with Gasteiger partial charge in [0.2, 0.25) is 5.91 Å². The van der Waals surface area contributed by atoms with Crippen LogP contribution in [0.25, 0.3) is 0 Å². The van der Waals surface area contributed by atoms with Crippen LogP contribution in [0.4, 0.5) is 0 Å². The van der Waals surface area contributed by atoms with Crippen LogP contribution in [-0.4, -0.2) is 42.5 Å². The average molecular weight is 290 g/mol. The molecule has 3 N–H and O–H groups in total. The molecule has 0 saturated carbocycles. The highest BCUT2D eigenvalue weighted by molar-refractivity contribution is 5.75. The molecule has 2 rings (SSSR count). The number of likely N-dealkylation sites (tertiary alicyclic amines) is 1. The summed E-state index contributed by atoms with van der Waals surface area (Å²) in [6, 6.07) is 2.78. The first-order valence-corrected chi connectivity index (χ1v) is 7.81. The standard InChI is InChI=1S/C16H26N4O/c1-20-9-3-5-15(20)14-10-13(11-18-12-14)4-2-8-19-16(21)6-7-17/h10-12,15H,2-9,17H2,1H3,(H,19,21). The van der Waals surface area contributed by atoms with Crippen molar-refractivity contribution < 1.29 is 4.79 Å². The molecule has 1 amide bonds. The molecule has 1 saturated heterocycles. The SMILES string of the molecule is CN1CCCC1c1cncc(CCCNC(=O)CCN)c1. The summed E-state index contributed by atoms with van der Waals surface area (Å²) < 4.78 is 0. The second-order valence-corrected chi connectivity index (χ2v) is 5.76. The van der Waals surface area contributed by atoms with Crippen molar-refractivity contribution in [2.45, 2.75) is 38.1 Å². The number of hydrogen-bond acceptors (Lipinski definition) is 4. The Hall–Kier alpha value is -1.46. The third-order valence-corrected chi connectivity index (χ3v) is 4.06. The molecular formula is C16H26N4O. The van der Waals surface area contributed by atoms with Gasteiger partial charge in [-0.05, 0) is 50.4 Å². The summed E-state index contributed by atoms with van der Waals surface area (Å²) >= 11 is 0. The molecule has 5 heteroatoms. The van der Waals surface area contributed by atoms with Crippen LogP contribution in [0.1, 0.15) is 42.9 Å². The van der Waals surface area contributed by atoms with Crippen molar-refractivity contribution in [2.24, 2.45) is 5.73 Å². The van der Waals surface area contributed by atoms with E-state index < -0.39 is 0 Å². The third-order valence-electron chi connectivity index (χ3n) is 4.06. The highest BCUT2D eigenvalue weighted by atomic mass is 16.1. The summed E-state index contributed by atoms with van der Waals surface area (Å²) in [5.41, 5.74) is 7.91. The van der Waals surface area contributed by atoms with E-state index in [1.54, 1.807) is 0 Å². The summed E-state index contributed by atoms with van der Waals surface area (Å²) in [5.74, 6) is 0.0388. The number of pyridine rings is 1. The zero-order valence-electron chi connectivity index (χ0n) is 12.8. The molecule has 1 atom stereocenters. The molecule has 21 heavy (non-hydrogen) atoms. The van der Waals surface area contributed by atoms with Gasteiger partial charge in [0.25, 0.3) is 0 Å². The van der Waals surface area contributed by atoms with E-state index in [2.05, 4.69) is 28.3 Å². The minimum absolute atomic E-state index is 0.0388. The number of carbonyl (C=O) groups excluding carboxylic acids is 1. The highest BCUT2D eigenvalue weighted by Gasteiger charge is 2.22. The topological polar surface area (TPSA) is 71.2 Å². The summed E-state index contributed by atoms with van der Waals surface area (Å²) in [7, 11) is 2.18. The second-order valence-electron chi connectivity index (χ2n) is 5.76. The number of nitrogens with zero attached hydrogens (tertiary/aromatic N) is 2. The summed E-state index contributed by atoms with van der Waals surface area (Å²) in [6.07, 6.45) is 8.68. The van der Waals surface area contributed by atoms with Crippen molar-refractivity contribution in [2.75, 3.05) is 26.7 Å². The van der Waals surface area contributed by atoms with Crippen LogP contribution < -0.4 is 11.1 Å². The molecule has 0 radical (unpaired) electrons. The van der Waals surface area contributed by atoms with E-state index in [0.717, 1.165) is 12.8 Å². The van der Waals surface area contributed by atoms with E-state index in [1.165, 1.54) is 30.5 Å². The van der Waals surface area contributed by atoms with Crippen molar-refractivity contribution in [3.63, 3.8) is 0 Å².